The van der Waals surface area contributed by atoms with Crippen molar-refractivity contribution in [2.75, 3.05) is 0 Å². The predicted octanol–water partition coefficient (Wildman–Crippen LogP) is 9.60. The van der Waals surface area contributed by atoms with E-state index in [0.29, 0.717) is 22.4 Å². The molecule has 1 aliphatic heterocycles. The fourth-order valence-corrected chi connectivity index (χ4v) is 6.28. The van der Waals surface area contributed by atoms with Crippen LogP contribution >= 0.6 is 0 Å². The summed E-state index contributed by atoms with van der Waals surface area (Å²) in [4.78, 5) is 0. The van der Waals surface area contributed by atoms with E-state index in [1.54, 1.807) is 0 Å². The largest absolute Gasteiger partial charge is 0.489 e. The summed E-state index contributed by atoms with van der Waals surface area (Å²) in [5.74, 6) is 0.811. The van der Waals surface area contributed by atoms with E-state index < -0.39 is 24.2 Å². The third-order valence-electron chi connectivity index (χ3n) is 8.03. The van der Waals surface area contributed by atoms with Crippen LogP contribution in [0.5, 0.6) is 5.75 Å². The lowest BCUT2D eigenvalue weighted by Gasteiger charge is -2.18. The molecule has 0 spiro atoms. The number of hydrogen-bond donors (Lipinski definition) is 0. The number of benzene rings is 6. The second-order valence-corrected chi connectivity index (χ2v) is 10.1. The number of rotatable bonds is 3. The third-order valence-corrected chi connectivity index (χ3v) is 8.03. The van der Waals surface area contributed by atoms with Crippen LogP contribution in [-0.2, 0) is 6.42 Å². The zero-order valence-corrected chi connectivity index (χ0v) is 20.6. The molecule has 6 aromatic carbocycles. The minimum atomic E-state index is -0.399. The van der Waals surface area contributed by atoms with E-state index >= 15 is 0 Å². The lowest BCUT2D eigenvalue weighted by molar-refractivity contribution is 0.204. The van der Waals surface area contributed by atoms with Crippen molar-refractivity contribution in [2.24, 2.45) is 0 Å². The number of hydrogen-bond acceptors (Lipinski definition) is 1. The Morgan fingerprint density at radius 1 is 0.763 bits per heavy atom. The van der Waals surface area contributed by atoms with Crippen LogP contribution in [0.2, 0.25) is 0 Å². The molecular formula is C37H28O. The van der Waals surface area contributed by atoms with Crippen LogP contribution in [0, 0.1) is 0 Å². The molecule has 6 aromatic rings. The maximum atomic E-state index is 9.18. The van der Waals surface area contributed by atoms with Gasteiger partial charge in [-0.25, -0.2) is 0 Å². The van der Waals surface area contributed by atoms with E-state index in [2.05, 4.69) is 12.2 Å². The Morgan fingerprint density at radius 3 is 2.32 bits per heavy atom. The van der Waals surface area contributed by atoms with E-state index in [1.807, 2.05) is 60.7 Å². The molecule has 2 atom stereocenters. The molecule has 0 fully saturated rings. The molecule has 0 saturated heterocycles. The first kappa shape index (κ1) is 15.1. The highest BCUT2D eigenvalue weighted by Gasteiger charge is 2.34. The van der Waals surface area contributed by atoms with Gasteiger partial charge in [0.2, 0.25) is 0 Å². The van der Waals surface area contributed by atoms with Crippen molar-refractivity contribution in [2.45, 2.75) is 31.3 Å². The van der Waals surface area contributed by atoms with Crippen molar-refractivity contribution in [3.8, 4) is 16.9 Å². The molecule has 8 rings (SSSR count). The van der Waals surface area contributed by atoms with Gasteiger partial charge in [0.25, 0.3) is 0 Å². The fourth-order valence-electron chi connectivity index (χ4n) is 6.28. The van der Waals surface area contributed by atoms with Crippen LogP contribution in [0.1, 0.15) is 46.4 Å². The molecule has 2 aliphatic rings. The van der Waals surface area contributed by atoms with Crippen molar-refractivity contribution in [1.82, 2.24) is 0 Å². The molecule has 0 radical (unpaired) electrons. The molecule has 38 heavy (non-hydrogen) atoms. The first-order chi connectivity index (χ1) is 22.2. The summed E-state index contributed by atoms with van der Waals surface area (Å²) < 4.78 is 77.7. The van der Waals surface area contributed by atoms with Gasteiger partial charge in [-0.1, -0.05) is 115 Å². The first-order valence-electron chi connectivity index (χ1n) is 17.1. The van der Waals surface area contributed by atoms with Gasteiger partial charge >= 0.3 is 0 Å². The topological polar surface area (TPSA) is 9.23 Å². The van der Waals surface area contributed by atoms with Gasteiger partial charge in [0.05, 0.1) is 11.0 Å². The predicted molar refractivity (Wildman–Crippen MR) is 159 cm³/mol. The fraction of sp³-hybridized carbons (Fsp3) is 0.135. The highest BCUT2D eigenvalue weighted by atomic mass is 16.5. The molecule has 0 N–H and O–H groups in total. The summed E-state index contributed by atoms with van der Waals surface area (Å²) in [5.41, 5.74) is 3.29. The summed E-state index contributed by atoms with van der Waals surface area (Å²) in [7, 11) is 0. The van der Waals surface area contributed by atoms with Gasteiger partial charge in [-0.2, -0.15) is 0 Å². The smallest absolute Gasteiger partial charge is 0.124 e. The van der Waals surface area contributed by atoms with Gasteiger partial charge in [0.1, 0.15) is 11.9 Å². The van der Waals surface area contributed by atoms with Crippen molar-refractivity contribution in [1.29, 1.82) is 0 Å². The van der Waals surface area contributed by atoms with E-state index in [9.17, 15) is 2.74 Å². The van der Waals surface area contributed by atoms with Crippen LogP contribution in [0.25, 0.3) is 43.4 Å². The number of ether oxygens (including phenoxy) is 1. The maximum Gasteiger partial charge on any atom is 0.124 e. The minimum Gasteiger partial charge on any atom is -0.489 e. The number of fused-ring (bicyclic) bond motifs is 6. The monoisotopic (exact) mass is 496 g/mol. The Labute approximate surface area is 234 Å². The second-order valence-electron chi connectivity index (χ2n) is 10.1. The Hall–Kier alpha value is -4.36. The average Bonchev–Trinajstić information content (AvgIpc) is 3.45. The molecule has 1 nitrogen and oxygen atoms in total. The molecule has 2 unspecified atom stereocenters. The standard InChI is InChI=1S/C37H28O/c1-2-13-27-24(10-1)11-9-12-25(27)22-34-28-14-3-5-17-32(28)37(33-18-6-4-15-29(33)34)26-20-21-31-30-16-7-8-19-35(30)38-36(31)23-26/h1-7,9-18,20-21,23,30,35H,8,19,22H2/i3D,4D,5D,6D,14D,15D,17D,18D. The molecule has 1 aliphatic carbocycles. The van der Waals surface area contributed by atoms with Gasteiger partial charge in [-0.05, 0) is 79.9 Å². The van der Waals surface area contributed by atoms with Crippen LogP contribution < -0.4 is 4.74 Å². The van der Waals surface area contributed by atoms with Crippen LogP contribution in [-0.4, -0.2) is 6.10 Å². The van der Waals surface area contributed by atoms with E-state index in [-0.39, 0.29) is 64.2 Å². The van der Waals surface area contributed by atoms with E-state index in [4.69, 9.17) is 13.0 Å². The highest BCUT2D eigenvalue weighted by Crippen LogP contribution is 2.47. The van der Waals surface area contributed by atoms with Gasteiger partial charge in [-0.15, -0.1) is 0 Å². The van der Waals surface area contributed by atoms with Crippen molar-refractivity contribution < 1.29 is 15.7 Å². The Kier molecular flexibility index (Phi) is 3.43. The zero-order valence-electron chi connectivity index (χ0n) is 28.6. The van der Waals surface area contributed by atoms with E-state index in [1.165, 1.54) is 0 Å². The lowest BCUT2D eigenvalue weighted by atomic mass is 9.84. The molecule has 0 bridgehead atoms. The van der Waals surface area contributed by atoms with Crippen molar-refractivity contribution >= 4 is 32.3 Å². The van der Waals surface area contributed by atoms with E-state index in [0.717, 1.165) is 34.7 Å². The SMILES string of the molecule is [2H]c1c([2H])c([2H])c2c(-c3ccc4c(c3)OC3CCC=CC43)c3c([2H])c([2H])c([2H])c([2H])c3c(Cc3cccc4ccccc34)c2c1[2H]. The summed E-state index contributed by atoms with van der Waals surface area (Å²) in [5, 5.41) is 2.93. The lowest BCUT2D eigenvalue weighted by Crippen LogP contribution is -2.19. The molecular weight excluding hydrogens is 460 g/mol. The Bertz CT molecular complexity index is 2240. The van der Waals surface area contributed by atoms with Gasteiger partial charge in [-0.3, -0.25) is 0 Å². The van der Waals surface area contributed by atoms with Gasteiger partial charge in [0.15, 0.2) is 0 Å². The van der Waals surface area contributed by atoms with Crippen molar-refractivity contribution in [3.05, 3.63) is 138 Å². The average molecular weight is 497 g/mol. The van der Waals surface area contributed by atoms with Crippen LogP contribution in [0.15, 0.2) is 121 Å². The first-order valence-corrected chi connectivity index (χ1v) is 13.1. The molecule has 1 heteroatoms. The zero-order chi connectivity index (χ0) is 32.0. The Balaban J connectivity index is 1.54. The van der Waals surface area contributed by atoms with Crippen LogP contribution in [0.3, 0.4) is 0 Å². The molecule has 1 heterocycles. The minimum absolute atomic E-state index is 0.0152. The van der Waals surface area contributed by atoms with Crippen molar-refractivity contribution in [3.63, 3.8) is 0 Å². The highest BCUT2D eigenvalue weighted by molar-refractivity contribution is 6.15. The molecule has 0 saturated carbocycles. The van der Waals surface area contributed by atoms with Gasteiger partial charge < -0.3 is 4.74 Å². The van der Waals surface area contributed by atoms with Gasteiger partial charge in [0, 0.05) is 11.5 Å². The molecule has 182 valence electrons. The normalized spacial score (nSPS) is 20.9. The quantitative estimate of drug-likeness (QED) is 0.175. The summed E-state index contributed by atoms with van der Waals surface area (Å²) in [6.45, 7) is 0. The molecule has 0 amide bonds. The Morgan fingerprint density at radius 2 is 1.50 bits per heavy atom. The summed E-state index contributed by atoms with van der Waals surface area (Å²) >= 11 is 0. The third kappa shape index (κ3) is 3.32. The van der Waals surface area contributed by atoms with Crippen LogP contribution in [0.4, 0.5) is 0 Å². The molecule has 0 aromatic heterocycles. The maximum absolute atomic E-state index is 9.18. The number of allylic oxidation sites excluding steroid dienone is 1. The summed E-state index contributed by atoms with van der Waals surface area (Å²) in [6, 6.07) is 16.9. The summed E-state index contributed by atoms with van der Waals surface area (Å²) in [6.07, 6.45) is 6.36. The second kappa shape index (κ2) is 8.60.